The van der Waals surface area contributed by atoms with Gasteiger partial charge in [-0.1, -0.05) is 39.7 Å². The summed E-state index contributed by atoms with van der Waals surface area (Å²) in [6.45, 7) is 0. The molecule has 0 aliphatic rings. The van der Waals surface area contributed by atoms with Gasteiger partial charge < -0.3 is 10.6 Å². The minimum Gasteiger partial charge on any atom is -0.320 e. The second-order valence-corrected chi connectivity index (χ2v) is 6.94. The first kappa shape index (κ1) is 19.1. The van der Waals surface area contributed by atoms with Crippen LogP contribution in [0.25, 0.3) is 0 Å². The highest BCUT2D eigenvalue weighted by Crippen LogP contribution is 2.24. The molecule has 7 heteroatoms. The molecule has 0 heterocycles. The minimum atomic E-state index is -0.640. The maximum atomic E-state index is 13.9. The van der Waals surface area contributed by atoms with Gasteiger partial charge in [0.25, 0.3) is 11.8 Å². The molecule has 0 atom stereocenters. The fourth-order valence-corrected chi connectivity index (χ4v) is 2.85. The highest BCUT2D eigenvalue weighted by Gasteiger charge is 2.15. The van der Waals surface area contributed by atoms with Crippen LogP contribution in [0.2, 0.25) is 5.02 Å². The van der Waals surface area contributed by atoms with Gasteiger partial charge in [-0.3, -0.25) is 9.59 Å². The monoisotopic (exact) mass is 446 g/mol. The van der Waals surface area contributed by atoms with E-state index < -0.39 is 11.7 Å². The molecule has 3 aromatic carbocycles. The van der Waals surface area contributed by atoms with Gasteiger partial charge in [-0.05, 0) is 54.6 Å². The van der Waals surface area contributed by atoms with Gasteiger partial charge in [-0.2, -0.15) is 0 Å². The van der Waals surface area contributed by atoms with E-state index in [1.807, 2.05) is 0 Å². The molecule has 136 valence electrons. The molecule has 2 N–H and O–H groups in total. The van der Waals surface area contributed by atoms with Crippen LogP contribution in [0.5, 0.6) is 0 Å². The van der Waals surface area contributed by atoms with E-state index in [-0.39, 0.29) is 11.5 Å². The lowest BCUT2D eigenvalue weighted by molar-refractivity contribution is 0.101. The number of amides is 2. The van der Waals surface area contributed by atoms with E-state index in [9.17, 15) is 14.0 Å². The van der Waals surface area contributed by atoms with Crippen LogP contribution >= 0.6 is 27.5 Å². The van der Waals surface area contributed by atoms with E-state index in [2.05, 4.69) is 26.6 Å². The summed E-state index contributed by atoms with van der Waals surface area (Å²) in [7, 11) is 0. The molecule has 3 rings (SSSR count). The summed E-state index contributed by atoms with van der Waals surface area (Å²) in [4.78, 5) is 24.8. The number of nitrogens with one attached hydrogen (secondary N) is 2. The first-order valence-corrected chi connectivity index (χ1v) is 9.03. The van der Waals surface area contributed by atoms with Crippen molar-refractivity contribution in [2.45, 2.75) is 0 Å². The van der Waals surface area contributed by atoms with E-state index in [4.69, 9.17) is 11.6 Å². The Hall–Kier alpha value is -2.70. The van der Waals surface area contributed by atoms with Crippen molar-refractivity contribution in [2.75, 3.05) is 10.6 Å². The van der Waals surface area contributed by atoms with Crippen molar-refractivity contribution in [1.82, 2.24) is 0 Å². The fourth-order valence-electron chi connectivity index (χ4n) is 2.36. The lowest BCUT2D eigenvalue weighted by atomic mass is 10.1. The number of carbonyl (C=O) groups excluding carboxylic acids is 2. The van der Waals surface area contributed by atoms with Gasteiger partial charge in [0.2, 0.25) is 0 Å². The Bertz CT molecular complexity index is 1010. The van der Waals surface area contributed by atoms with Crippen molar-refractivity contribution in [1.29, 1.82) is 0 Å². The van der Waals surface area contributed by atoms with Gasteiger partial charge >= 0.3 is 0 Å². The molecule has 0 aliphatic heterocycles. The maximum absolute atomic E-state index is 13.9. The first-order valence-electron chi connectivity index (χ1n) is 7.86. The Morgan fingerprint density at radius 1 is 0.852 bits per heavy atom. The number of benzene rings is 3. The molecule has 4 nitrogen and oxygen atoms in total. The van der Waals surface area contributed by atoms with Crippen LogP contribution in [0.15, 0.2) is 71.2 Å². The van der Waals surface area contributed by atoms with Crippen molar-refractivity contribution in [3.8, 4) is 0 Å². The Morgan fingerprint density at radius 3 is 2.07 bits per heavy atom. The first-order chi connectivity index (χ1) is 12.9. The van der Waals surface area contributed by atoms with Crippen molar-refractivity contribution in [3.63, 3.8) is 0 Å². The molecule has 0 bridgehead atoms. The molecular weight excluding hydrogens is 435 g/mol. The largest absolute Gasteiger partial charge is 0.320 e. The lowest BCUT2D eigenvalue weighted by Gasteiger charge is -2.13. The summed E-state index contributed by atoms with van der Waals surface area (Å²) < 4.78 is 14.5. The average Bonchev–Trinajstić information content (AvgIpc) is 2.65. The van der Waals surface area contributed by atoms with Crippen molar-refractivity contribution in [3.05, 3.63) is 93.2 Å². The van der Waals surface area contributed by atoms with E-state index >= 15 is 0 Å². The number of carbonyl (C=O) groups is 2. The number of halogens is 3. The number of anilines is 2. The van der Waals surface area contributed by atoms with Crippen LogP contribution in [0.4, 0.5) is 15.8 Å². The Balaban J connectivity index is 1.81. The van der Waals surface area contributed by atoms with E-state index in [1.54, 1.807) is 48.5 Å². The van der Waals surface area contributed by atoms with E-state index in [1.165, 1.54) is 18.2 Å². The lowest BCUT2D eigenvalue weighted by Crippen LogP contribution is -2.17. The standard InChI is InChI=1S/C20H13BrClFN2O2/c21-13-7-10-16(23)15(11-13)20(27)25-18-4-2-1-3-17(18)24-19(26)12-5-8-14(22)9-6-12/h1-11H,(H,24,26)(H,25,27). The van der Waals surface area contributed by atoms with E-state index in [0.717, 1.165) is 0 Å². The number of hydrogen-bond acceptors (Lipinski definition) is 2. The third-order valence-electron chi connectivity index (χ3n) is 3.70. The molecule has 2 amide bonds. The summed E-state index contributed by atoms with van der Waals surface area (Å²) in [5.41, 5.74) is 1.05. The van der Waals surface area contributed by atoms with Crippen molar-refractivity contribution < 1.29 is 14.0 Å². The maximum Gasteiger partial charge on any atom is 0.258 e. The van der Waals surface area contributed by atoms with Crippen LogP contribution in [0, 0.1) is 5.82 Å². The van der Waals surface area contributed by atoms with Crippen LogP contribution in [0.3, 0.4) is 0 Å². The fraction of sp³-hybridized carbons (Fsp3) is 0. The van der Waals surface area contributed by atoms with Gasteiger partial charge in [-0.25, -0.2) is 4.39 Å². The Morgan fingerprint density at radius 2 is 1.44 bits per heavy atom. The predicted octanol–water partition coefficient (Wildman–Crippen LogP) is 5.75. The summed E-state index contributed by atoms with van der Waals surface area (Å²) in [6.07, 6.45) is 0. The zero-order chi connectivity index (χ0) is 19.4. The molecule has 0 saturated heterocycles. The normalized spacial score (nSPS) is 10.3. The van der Waals surface area contributed by atoms with Crippen LogP contribution < -0.4 is 10.6 Å². The number of rotatable bonds is 4. The number of para-hydroxylation sites is 2. The molecule has 3 aromatic rings. The van der Waals surface area contributed by atoms with Crippen LogP contribution in [-0.2, 0) is 0 Å². The highest BCUT2D eigenvalue weighted by molar-refractivity contribution is 9.10. The topological polar surface area (TPSA) is 58.2 Å². The van der Waals surface area contributed by atoms with Gasteiger partial charge in [0, 0.05) is 15.1 Å². The third-order valence-corrected chi connectivity index (χ3v) is 4.45. The van der Waals surface area contributed by atoms with Gasteiger partial charge in [0.15, 0.2) is 0 Å². The van der Waals surface area contributed by atoms with E-state index in [0.29, 0.717) is 26.4 Å². The Kier molecular flexibility index (Phi) is 5.88. The van der Waals surface area contributed by atoms with Crippen LogP contribution in [-0.4, -0.2) is 11.8 Å². The molecule has 0 aliphatic carbocycles. The zero-order valence-electron chi connectivity index (χ0n) is 13.8. The third kappa shape index (κ3) is 4.72. The van der Waals surface area contributed by atoms with Crippen LogP contribution in [0.1, 0.15) is 20.7 Å². The SMILES string of the molecule is O=C(Nc1ccccc1NC(=O)c1cc(Br)ccc1F)c1ccc(Cl)cc1. The number of hydrogen-bond donors (Lipinski definition) is 2. The average molecular weight is 448 g/mol. The quantitative estimate of drug-likeness (QED) is 0.535. The zero-order valence-corrected chi connectivity index (χ0v) is 16.1. The van der Waals surface area contributed by atoms with Gasteiger partial charge in [0.1, 0.15) is 5.82 Å². The van der Waals surface area contributed by atoms with Gasteiger partial charge in [0.05, 0.1) is 16.9 Å². The van der Waals surface area contributed by atoms with Gasteiger partial charge in [-0.15, -0.1) is 0 Å². The predicted molar refractivity (Wildman–Crippen MR) is 108 cm³/mol. The summed E-state index contributed by atoms with van der Waals surface area (Å²) in [5.74, 6) is -1.62. The molecule has 0 aromatic heterocycles. The van der Waals surface area contributed by atoms with Crippen molar-refractivity contribution >= 4 is 50.7 Å². The summed E-state index contributed by atoms with van der Waals surface area (Å²) in [5, 5.41) is 5.88. The molecule has 0 unspecified atom stereocenters. The second-order valence-electron chi connectivity index (χ2n) is 5.58. The second kappa shape index (κ2) is 8.33. The highest BCUT2D eigenvalue weighted by atomic mass is 79.9. The summed E-state index contributed by atoms with van der Waals surface area (Å²) in [6, 6.07) is 17.2. The molecule has 0 saturated carbocycles. The Labute approximate surface area is 168 Å². The molecule has 0 fully saturated rings. The minimum absolute atomic E-state index is 0.108. The van der Waals surface area contributed by atoms with Crippen molar-refractivity contribution in [2.24, 2.45) is 0 Å². The summed E-state index contributed by atoms with van der Waals surface area (Å²) >= 11 is 9.04. The molecule has 27 heavy (non-hydrogen) atoms. The molecular formula is C20H13BrClFN2O2. The molecule has 0 spiro atoms. The molecule has 0 radical (unpaired) electrons. The smallest absolute Gasteiger partial charge is 0.258 e.